The van der Waals surface area contributed by atoms with Crippen molar-refractivity contribution in [2.24, 2.45) is 5.92 Å². The van der Waals surface area contributed by atoms with Crippen LogP contribution in [0, 0.1) is 5.92 Å². The van der Waals surface area contributed by atoms with Gasteiger partial charge < -0.3 is 14.6 Å². The normalized spacial score (nSPS) is 16.7. The molecule has 1 fully saturated rings. The summed E-state index contributed by atoms with van der Waals surface area (Å²) in [6.45, 7) is 3.96. The highest BCUT2D eigenvalue weighted by Gasteiger charge is 2.46. The van der Waals surface area contributed by atoms with Crippen molar-refractivity contribution in [1.82, 2.24) is 5.32 Å². The first-order chi connectivity index (χ1) is 15.2. The second kappa shape index (κ2) is 11.3. The number of hydrogen-bond acceptors (Lipinski definition) is 5. The maximum Gasteiger partial charge on any atom is 0.531 e. The maximum atomic E-state index is 12.7. The maximum absolute atomic E-state index is 12.7. The van der Waals surface area contributed by atoms with Gasteiger partial charge in [0.05, 0.1) is 12.1 Å². The molecule has 0 spiro atoms. The standard InChI is InChI=1S/C23H24BBr2NO5/c1-14(2)10-16(24-31-21(23(30)32-24)15-6-4-3-5-7-15)11-18(28)13-27-22(29)19-12-17(25)8-9-20(19)26/h3-9,12,14,16,21H,10-11,13H2,1-2H3,(H,27,29)/t16-,21-/m1/s1. The molecule has 1 saturated heterocycles. The van der Waals surface area contributed by atoms with Gasteiger partial charge in [0.15, 0.2) is 11.9 Å². The zero-order chi connectivity index (χ0) is 23.3. The fourth-order valence-corrected chi connectivity index (χ4v) is 4.44. The molecule has 32 heavy (non-hydrogen) atoms. The molecule has 1 amide bonds. The molecule has 2 aromatic rings. The van der Waals surface area contributed by atoms with E-state index >= 15 is 0 Å². The third-order valence-electron chi connectivity index (χ3n) is 5.09. The van der Waals surface area contributed by atoms with Crippen molar-refractivity contribution in [2.75, 3.05) is 6.54 Å². The molecule has 2 aromatic carbocycles. The largest absolute Gasteiger partial charge is 0.531 e. The van der Waals surface area contributed by atoms with Crippen molar-refractivity contribution in [2.45, 2.75) is 38.6 Å². The lowest BCUT2D eigenvalue weighted by Crippen LogP contribution is -2.33. The number of benzene rings is 2. The average Bonchev–Trinajstić information content (AvgIpc) is 3.15. The number of ketones is 1. The van der Waals surface area contributed by atoms with E-state index in [2.05, 4.69) is 37.2 Å². The van der Waals surface area contributed by atoms with E-state index in [9.17, 15) is 14.4 Å². The van der Waals surface area contributed by atoms with Gasteiger partial charge in [0.1, 0.15) is 0 Å². The second-order valence-electron chi connectivity index (χ2n) is 8.17. The Labute approximate surface area is 204 Å². The van der Waals surface area contributed by atoms with Crippen molar-refractivity contribution in [3.63, 3.8) is 0 Å². The summed E-state index contributed by atoms with van der Waals surface area (Å²) < 4.78 is 12.8. The highest BCUT2D eigenvalue weighted by Crippen LogP contribution is 2.35. The van der Waals surface area contributed by atoms with E-state index in [1.165, 1.54) is 0 Å². The van der Waals surface area contributed by atoms with Gasteiger partial charge in [0.2, 0.25) is 0 Å². The van der Waals surface area contributed by atoms with E-state index in [0.717, 1.165) is 10.0 Å². The molecule has 0 aliphatic carbocycles. The summed E-state index contributed by atoms with van der Waals surface area (Å²) in [4.78, 5) is 37.6. The summed E-state index contributed by atoms with van der Waals surface area (Å²) in [5.74, 6) is -0.972. The Balaban J connectivity index is 1.61. The molecule has 3 rings (SSSR count). The first-order valence-electron chi connectivity index (χ1n) is 10.4. The lowest BCUT2D eigenvalue weighted by Gasteiger charge is -2.19. The summed E-state index contributed by atoms with van der Waals surface area (Å²) >= 11 is 6.69. The molecule has 0 unspecified atom stereocenters. The minimum atomic E-state index is -0.797. The molecule has 1 aliphatic rings. The van der Waals surface area contributed by atoms with Crippen LogP contribution in [0.25, 0.3) is 0 Å². The van der Waals surface area contributed by atoms with Crippen LogP contribution in [0.3, 0.4) is 0 Å². The van der Waals surface area contributed by atoms with Crippen LogP contribution in [0.15, 0.2) is 57.5 Å². The van der Waals surface area contributed by atoms with Crippen molar-refractivity contribution in [1.29, 1.82) is 0 Å². The number of Topliss-reactive ketones (excluding diaryl/α,β-unsaturated/α-hetero) is 1. The predicted molar refractivity (Wildman–Crippen MR) is 129 cm³/mol. The fraction of sp³-hybridized carbons (Fsp3) is 0.348. The summed E-state index contributed by atoms with van der Waals surface area (Å²) in [7, 11) is -0.797. The van der Waals surface area contributed by atoms with Crippen LogP contribution in [0.1, 0.15) is 48.7 Å². The molecule has 1 aliphatic heterocycles. The Morgan fingerprint density at radius 2 is 1.84 bits per heavy atom. The van der Waals surface area contributed by atoms with Gasteiger partial charge in [-0.05, 0) is 52.0 Å². The van der Waals surface area contributed by atoms with Crippen molar-refractivity contribution in [3.05, 3.63) is 68.6 Å². The van der Waals surface area contributed by atoms with E-state index in [0.29, 0.717) is 16.5 Å². The van der Waals surface area contributed by atoms with E-state index in [4.69, 9.17) is 9.31 Å². The Kier molecular flexibility index (Phi) is 8.68. The van der Waals surface area contributed by atoms with Crippen molar-refractivity contribution in [3.8, 4) is 0 Å². The number of hydrogen-bond donors (Lipinski definition) is 1. The monoisotopic (exact) mass is 563 g/mol. The predicted octanol–water partition coefficient (Wildman–Crippen LogP) is 5.12. The lowest BCUT2D eigenvalue weighted by atomic mass is 9.65. The van der Waals surface area contributed by atoms with Gasteiger partial charge in [-0.15, -0.1) is 0 Å². The van der Waals surface area contributed by atoms with E-state index in [-0.39, 0.29) is 36.4 Å². The number of rotatable bonds is 9. The molecule has 6 nitrogen and oxygen atoms in total. The number of carbonyl (C=O) groups is 3. The number of nitrogens with one attached hydrogen (secondary N) is 1. The van der Waals surface area contributed by atoms with Gasteiger partial charge in [0, 0.05) is 21.2 Å². The number of halogens is 2. The summed E-state index contributed by atoms with van der Waals surface area (Å²) in [6, 6.07) is 14.4. The third kappa shape index (κ3) is 6.53. The summed E-state index contributed by atoms with van der Waals surface area (Å²) in [6.07, 6.45) is -0.00648. The smallest absolute Gasteiger partial charge is 0.507 e. The molecule has 1 N–H and O–H groups in total. The molecule has 0 radical (unpaired) electrons. The van der Waals surface area contributed by atoms with E-state index in [1.807, 2.05) is 50.2 Å². The Bertz CT molecular complexity index is 986. The SMILES string of the molecule is CC(C)C[C@H](CC(=O)CNC(=O)c1cc(Br)ccc1Br)B1OC(=O)[C@@H](c2ccccc2)O1. The Morgan fingerprint density at radius 1 is 1.12 bits per heavy atom. The zero-order valence-electron chi connectivity index (χ0n) is 17.8. The molecule has 1 heterocycles. The molecule has 0 aromatic heterocycles. The summed E-state index contributed by atoms with van der Waals surface area (Å²) in [5, 5.41) is 2.67. The number of amides is 1. The van der Waals surface area contributed by atoms with Gasteiger partial charge >= 0.3 is 13.1 Å². The molecular formula is C23H24BBr2NO5. The molecule has 9 heteroatoms. The summed E-state index contributed by atoms with van der Waals surface area (Å²) in [5.41, 5.74) is 1.16. The van der Waals surface area contributed by atoms with Crippen LogP contribution < -0.4 is 5.32 Å². The van der Waals surface area contributed by atoms with Crippen LogP contribution in [-0.2, 0) is 18.9 Å². The Hall–Kier alpha value is -1.97. The third-order valence-corrected chi connectivity index (χ3v) is 6.27. The highest BCUT2D eigenvalue weighted by molar-refractivity contribution is 9.11. The van der Waals surface area contributed by atoms with Gasteiger partial charge in [-0.25, -0.2) is 0 Å². The minimum Gasteiger partial charge on any atom is -0.507 e. The van der Waals surface area contributed by atoms with Crippen LogP contribution in [0.5, 0.6) is 0 Å². The highest BCUT2D eigenvalue weighted by atomic mass is 79.9. The molecule has 0 bridgehead atoms. The molecule has 0 saturated carbocycles. The van der Waals surface area contributed by atoms with Crippen LogP contribution in [0.4, 0.5) is 0 Å². The van der Waals surface area contributed by atoms with Gasteiger partial charge in [-0.2, -0.15) is 0 Å². The quantitative estimate of drug-likeness (QED) is 0.428. The van der Waals surface area contributed by atoms with E-state index < -0.39 is 19.2 Å². The minimum absolute atomic E-state index is 0.116. The lowest BCUT2D eigenvalue weighted by molar-refractivity contribution is -0.136. The molecular weight excluding hydrogens is 541 g/mol. The Morgan fingerprint density at radius 3 is 2.53 bits per heavy atom. The van der Waals surface area contributed by atoms with Crippen LogP contribution in [0.2, 0.25) is 5.82 Å². The zero-order valence-corrected chi connectivity index (χ0v) is 21.0. The second-order valence-corrected chi connectivity index (χ2v) is 9.94. The van der Waals surface area contributed by atoms with Gasteiger partial charge in [-0.1, -0.05) is 60.1 Å². The molecule has 2 atom stereocenters. The van der Waals surface area contributed by atoms with Crippen molar-refractivity contribution >= 4 is 56.6 Å². The van der Waals surface area contributed by atoms with Gasteiger partial charge in [0.25, 0.3) is 5.91 Å². The average molecular weight is 565 g/mol. The molecule has 168 valence electrons. The van der Waals surface area contributed by atoms with Gasteiger partial charge in [-0.3, -0.25) is 14.4 Å². The fourth-order valence-electron chi connectivity index (χ4n) is 3.65. The topological polar surface area (TPSA) is 81.7 Å². The van der Waals surface area contributed by atoms with Crippen molar-refractivity contribution < 1.29 is 23.7 Å². The first kappa shape index (κ1) is 24.7. The number of carbonyl (C=O) groups excluding carboxylic acids is 3. The van der Waals surface area contributed by atoms with Crippen LogP contribution in [-0.4, -0.2) is 31.3 Å². The van der Waals surface area contributed by atoms with Crippen LogP contribution >= 0.6 is 31.9 Å². The van der Waals surface area contributed by atoms with E-state index in [1.54, 1.807) is 12.1 Å². The first-order valence-corrected chi connectivity index (χ1v) is 12.0.